The second-order valence-corrected chi connectivity index (χ2v) is 1.22. The molecule has 3 heteroatoms. The summed E-state index contributed by atoms with van der Waals surface area (Å²) in [5, 5.41) is 8.91. The van der Waals surface area contributed by atoms with E-state index >= 15 is 0 Å². The van der Waals surface area contributed by atoms with E-state index in [1.165, 1.54) is 0 Å². The number of hydrogen-bond acceptors (Lipinski definition) is 3. The number of pyridine rings is 1. The van der Waals surface area contributed by atoms with Gasteiger partial charge in [-0.1, -0.05) is 0 Å². The molecule has 1 rings (SSSR count). The van der Waals surface area contributed by atoms with Crippen molar-refractivity contribution in [2.75, 3.05) is 5.73 Å². The third kappa shape index (κ3) is 0.872. The van der Waals surface area contributed by atoms with Crippen LogP contribution < -0.4 is 5.73 Å². The van der Waals surface area contributed by atoms with Crippen LogP contribution in [0.3, 0.4) is 0 Å². The van der Waals surface area contributed by atoms with Gasteiger partial charge in [-0.2, -0.15) is 0 Å². The van der Waals surface area contributed by atoms with Gasteiger partial charge in [0.1, 0.15) is 5.75 Å². The maximum atomic E-state index is 8.91. The number of rotatable bonds is 0. The average molecular weight is 113 g/mol. The molecule has 0 aliphatic carbocycles. The number of nitrogens with zero attached hydrogens (tertiary/aromatic N) is 1. The van der Waals surface area contributed by atoms with Gasteiger partial charge in [-0.15, -0.1) is 0 Å². The van der Waals surface area contributed by atoms with Crippen molar-refractivity contribution in [3.05, 3.63) is 18.4 Å². The van der Waals surface area contributed by atoms with Crippen LogP contribution in [0.25, 0.3) is 0 Å². The monoisotopic (exact) mass is 113 g/mol. The van der Waals surface area contributed by atoms with E-state index in [2.05, 4.69) is 4.98 Å². The van der Waals surface area contributed by atoms with Crippen molar-refractivity contribution in [2.24, 2.45) is 0 Å². The first-order valence-electron chi connectivity index (χ1n) is 3.46. The van der Waals surface area contributed by atoms with Crippen molar-refractivity contribution in [1.82, 2.24) is 4.98 Å². The van der Waals surface area contributed by atoms with E-state index in [-0.39, 0.29) is 11.9 Å². The van der Waals surface area contributed by atoms with Gasteiger partial charge in [0.15, 0.2) is 0 Å². The first kappa shape index (κ1) is 2.35. The quantitative estimate of drug-likeness (QED) is 0.511. The molecule has 0 fully saturated rings. The first-order valence-corrected chi connectivity index (χ1v) is 1.96. The van der Waals surface area contributed by atoms with E-state index in [9.17, 15) is 0 Å². The molecular formula is C5H6N2O. The van der Waals surface area contributed by atoms with E-state index in [0.29, 0.717) is 0 Å². The topological polar surface area (TPSA) is 59.1 Å². The Kier molecular flexibility index (Phi) is 0.497. The highest BCUT2D eigenvalue weighted by atomic mass is 16.3. The molecule has 0 saturated heterocycles. The molecule has 0 aliphatic heterocycles. The molecule has 0 unspecified atom stereocenters. The molecule has 1 aromatic rings. The summed E-state index contributed by atoms with van der Waals surface area (Å²) in [6.45, 7) is 0. The van der Waals surface area contributed by atoms with E-state index in [0.717, 1.165) is 0 Å². The van der Waals surface area contributed by atoms with Crippen LogP contribution in [0.15, 0.2) is 18.4 Å². The number of aromatic hydroxyl groups is 1. The largest absolute Gasteiger partial charge is 0.506 e. The van der Waals surface area contributed by atoms with E-state index in [1.54, 1.807) is 0 Å². The molecule has 1 aromatic heterocycles. The molecule has 0 bridgehead atoms. The Bertz CT molecular complexity index is 276. The Labute approximate surface area is 51.0 Å². The molecule has 3 nitrogen and oxygen atoms in total. The lowest BCUT2D eigenvalue weighted by atomic mass is 10.4. The van der Waals surface area contributed by atoms with Crippen molar-refractivity contribution in [2.45, 2.75) is 0 Å². The summed E-state index contributed by atoms with van der Waals surface area (Å²) in [6, 6.07) is -0.407. The molecule has 1 heterocycles. The zero-order chi connectivity index (χ0) is 8.59. The van der Waals surface area contributed by atoms with Crippen LogP contribution in [0.4, 0.5) is 5.69 Å². The zero-order valence-electron chi connectivity index (χ0n) is 6.97. The van der Waals surface area contributed by atoms with Gasteiger partial charge in [0.25, 0.3) is 0 Å². The van der Waals surface area contributed by atoms with Crippen molar-refractivity contribution < 1.29 is 9.22 Å². The number of nitrogens with two attached hydrogens (primary N) is 1. The Hall–Kier alpha value is -1.25. The fraction of sp³-hybridized carbons (Fsp3) is 0. The summed E-state index contributed by atoms with van der Waals surface area (Å²) in [7, 11) is 0. The van der Waals surface area contributed by atoms with Crippen LogP contribution in [-0.2, 0) is 0 Å². The average Bonchev–Trinajstić information content (AvgIpc) is 1.97. The molecule has 8 heavy (non-hydrogen) atoms. The van der Waals surface area contributed by atoms with Crippen molar-refractivity contribution in [3.8, 4) is 5.75 Å². The number of aromatic nitrogens is 1. The lowest BCUT2D eigenvalue weighted by molar-refractivity contribution is 0.473. The Balaban J connectivity index is 3.46. The lowest BCUT2D eigenvalue weighted by Gasteiger charge is -1.89. The third-order valence-corrected chi connectivity index (χ3v) is 0.591. The smallest absolute Gasteiger partial charge is 0.135 e. The predicted octanol–water partition coefficient (Wildman–Crippen LogP) is 0.369. The van der Waals surface area contributed by atoms with Gasteiger partial charge in [0.05, 0.1) is 22.1 Å². The highest BCUT2D eigenvalue weighted by Gasteiger charge is 1.84. The lowest BCUT2D eigenvalue weighted by Crippen LogP contribution is -1.83. The van der Waals surface area contributed by atoms with Gasteiger partial charge in [0.2, 0.25) is 0 Å². The van der Waals surface area contributed by atoms with Crippen LogP contribution in [0.1, 0.15) is 4.11 Å². The molecular weight excluding hydrogens is 104 g/mol. The van der Waals surface area contributed by atoms with Gasteiger partial charge >= 0.3 is 0 Å². The molecule has 42 valence electrons. The van der Waals surface area contributed by atoms with Crippen molar-refractivity contribution >= 4 is 5.69 Å². The molecule has 3 N–H and O–H groups in total. The molecule has 0 aliphatic rings. The molecule has 0 spiro atoms. The van der Waals surface area contributed by atoms with Crippen LogP contribution in [0, 0.1) is 0 Å². The fourth-order valence-corrected chi connectivity index (χ4v) is 0.325. The van der Waals surface area contributed by atoms with Crippen molar-refractivity contribution in [1.29, 1.82) is 0 Å². The maximum absolute atomic E-state index is 8.91. The molecule has 0 amide bonds. The van der Waals surface area contributed by atoms with Gasteiger partial charge in [-0.05, 0) is 0 Å². The van der Waals surface area contributed by atoms with Crippen LogP contribution in [0.2, 0.25) is 0 Å². The van der Waals surface area contributed by atoms with Crippen LogP contribution in [0.5, 0.6) is 5.75 Å². The highest BCUT2D eigenvalue weighted by Crippen LogP contribution is 2.08. The summed E-state index contributed by atoms with van der Waals surface area (Å²) in [5.41, 5.74) is 4.96. The highest BCUT2D eigenvalue weighted by molar-refractivity contribution is 5.39. The summed E-state index contributed by atoms with van der Waals surface area (Å²) in [4.78, 5) is 3.27. The molecule has 0 atom stereocenters. The number of hydrogen-bond donors (Lipinski definition) is 2. The first-order chi connectivity index (χ1) is 5.04. The molecule has 0 aromatic carbocycles. The second kappa shape index (κ2) is 1.69. The standard InChI is InChI=1S/C5H6N2O/c6-4-1-5(8)3-7-2-4/h1-3,8H,6H2/i1D,2D,3D. The number of nitrogen functional groups attached to an aromatic ring is 1. The summed E-state index contributed by atoms with van der Waals surface area (Å²) >= 11 is 0. The van der Waals surface area contributed by atoms with Crippen molar-refractivity contribution in [3.63, 3.8) is 0 Å². The summed E-state index contributed by atoms with van der Waals surface area (Å²) in [5.74, 6) is -0.585. The van der Waals surface area contributed by atoms with E-state index < -0.39 is 18.0 Å². The second-order valence-electron chi connectivity index (χ2n) is 1.22. The minimum atomic E-state index is -0.585. The van der Waals surface area contributed by atoms with E-state index in [1.807, 2.05) is 0 Å². The SMILES string of the molecule is [2H]c1nc([2H])c(O)c([2H])c1N. The van der Waals surface area contributed by atoms with Gasteiger partial charge in [0, 0.05) is 6.04 Å². The van der Waals surface area contributed by atoms with Gasteiger partial charge in [-0.25, -0.2) is 0 Å². The maximum Gasteiger partial charge on any atom is 0.135 e. The summed E-state index contributed by atoms with van der Waals surface area (Å²) < 4.78 is 21.0. The number of anilines is 1. The van der Waals surface area contributed by atoms with Crippen LogP contribution in [-0.4, -0.2) is 10.1 Å². The van der Waals surface area contributed by atoms with Crippen LogP contribution >= 0.6 is 0 Å². The van der Waals surface area contributed by atoms with Gasteiger partial charge in [-0.3, -0.25) is 4.98 Å². The molecule has 0 radical (unpaired) electrons. The summed E-state index contributed by atoms with van der Waals surface area (Å²) in [6.07, 6.45) is -0.841. The minimum absolute atomic E-state index is 0.210. The normalized spacial score (nSPS) is 14.2. The fourth-order valence-electron chi connectivity index (χ4n) is 0.325. The van der Waals surface area contributed by atoms with Gasteiger partial charge < -0.3 is 10.8 Å². The predicted molar refractivity (Wildman–Crippen MR) is 30.3 cm³/mol. The third-order valence-electron chi connectivity index (χ3n) is 0.591. The Morgan fingerprint density at radius 2 is 2.50 bits per heavy atom. The molecule has 0 saturated carbocycles. The Morgan fingerprint density at radius 3 is 3.25 bits per heavy atom. The van der Waals surface area contributed by atoms with E-state index in [4.69, 9.17) is 15.0 Å². The zero-order valence-corrected chi connectivity index (χ0v) is 3.97. The minimum Gasteiger partial charge on any atom is -0.506 e. The Morgan fingerprint density at radius 1 is 1.75 bits per heavy atom.